The summed E-state index contributed by atoms with van der Waals surface area (Å²) < 4.78 is 7.71. The van der Waals surface area contributed by atoms with Gasteiger partial charge in [0.1, 0.15) is 5.82 Å². The molecule has 8 heteroatoms. The first-order valence-corrected chi connectivity index (χ1v) is 13.3. The number of tetrazole rings is 1. The van der Waals surface area contributed by atoms with Crippen molar-refractivity contribution >= 4 is 10.9 Å². The molecule has 3 aromatic carbocycles. The molecule has 0 bridgehead atoms. The number of hydrogen-bond donors (Lipinski definition) is 1. The van der Waals surface area contributed by atoms with E-state index in [0.717, 1.165) is 77.9 Å². The number of aromatic amines is 1. The van der Waals surface area contributed by atoms with Crippen molar-refractivity contribution in [2.24, 2.45) is 0 Å². The summed E-state index contributed by atoms with van der Waals surface area (Å²) in [5.41, 5.74) is 5.85. The van der Waals surface area contributed by atoms with Crippen molar-refractivity contribution in [1.29, 1.82) is 0 Å². The van der Waals surface area contributed by atoms with Crippen LogP contribution in [0.15, 0.2) is 71.5 Å². The maximum Gasteiger partial charge on any atom is 0.261 e. The third kappa shape index (κ3) is 4.75. The Kier molecular flexibility index (Phi) is 6.79. The topological polar surface area (TPSA) is 98.6 Å². The molecule has 8 nitrogen and oxygen atoms in total. The van der Waals surface area contributed by atoms with Crippen LogP contribution >= 0.6 is 0 Å². The van der Waals surface area contributed by atoms with E-state index in [9.17, 15) is 4.79 Å². The number of nitrogens with zero attached hydrogens (tertiary/aromatic N) is 5. The van der Waals surface area contributed by atoms with Crippen molar-refractivity contribution in [2.75, 3.05) is 6.61 Å². The van der Waals surface area contributed by atoms with Crippen LogP contribution in [0.25, 0.3) is 33.4 Å². The number of unbranched alkanes of at least 4 members (excludes halogenated alkanes) is 1. The molecule has 1 aliphatic rings. The highest BCUT2D eigenvalue weighted by Gasteiger charge is 2.20. The van der Waals surface area contributed by atoms with Crippen LogP contribution in [0, 0.1) is 0 Å². The highest BCUT2D eigenvalue weighted by Crippen LogP contribution is 2.31. The zero-order chi connectivity index (χ0) is 25.9. The number of H-pyrrole nitrogens is 1. The predicted molar refractivity (Wildman–Crippen MR) is 147 cm³/mol. The standard InChI is InChI=1S/C30H30N6O2/c1-2-3-10-28-31-26-16-15-22(27-9-6-17-38-27)18-25(26)30(37)36(28)19-20-11-13-21(14-12-20)23-7-4-5-8-24(23)29-32-34-35-33-29/h4-5,7-8,11-16,18,27H,2-3,6,9-10,17,19H2,1H3,(H,32,33,34,35). The highest BCUT2D eigenvalue weighted by atomic mass is 16.5. The largest absolute Gasteiger partial charge is 0.374 e. The minimum absolute atomic E-state index is 0.00692. The van der Waals surface area contributed by atoms with E-state index in [0.29, 0.717) is 17.8 Å². The van der Waals surface area contributed by atoms with Gasteiger partial charge in [0.25, 0.3) is 5.56 Å². The first-order chi connectivity index (χ1) is 18.7. The molecule has 1 unspecified atom stereocenters. The SMILES string of the molecule is CCCCc1nc2ccc(C3CCCO3)cc2c(=O)n1Cc1ccc(-c2ccccc2-c2nn[nH]n2)cc1. The summed E-state index contributed by atoms with van der Waals surface area (Å²) in [4.78, 5) is 18.7. The fraction of sp³-hybridized carbons (Fsp3) is 0.300. The van der Waals surface area contributed by atoms with E-state index in [1.54, 1.807) is 0 Å². The van der Waals surface area contributed by atoms with Crippen molar-refractivity contribution in [1.82, 2.24) is 30.2 Å². The molecule has 5 aromatic rings. The second kappa shape index (κ2) is 10.7. The molecular weight excluding hydrogens is 476 g/mol. The van der Waals surface area contributed by atoms with Crippen LogP contribution in [0.4, 0.5) is 0 Å². The maximum absolute atomic E-state index is 13.8. The lowest BCUT2D eigenvalue weighted by atomic mass is 9.98. The number of ether oxygens (including phenoxy) is 1. The van der Waals surface area contributed by atoms with Crippen molar-refractivity contribution in [3.63, 3.8) is 0 Å². The lowest BCUT2D eigenvalue weighted by molar-refractivity contribution is 0.112. The fourth-order valence-electron chi connectivity index (χ4n) is 5.19. The first kappa shape index (κ1) is 24.2. The highest BCUT2D eigenvalue weighted by molar-refractivity contribution is 5.80. The summed E-state index contributed by atoms with van der Waals surface area (Å²) >= 11 is 0. The number of fused-ring (bicyclic) bond motifs is 1. The maximum atomic E-state index is 13.8. The Morgan fingerprint density at radius 2 is 1.89 bits per heavy atom. The van der Waals surface area contributed by atoms with Gasteiger partial charge < -0.3 is 4.74 Å². The number of rotatable bonds is 8. The van der Waals surface area contributed by atoms with Gasteiger partial charge in [0.05, 0.1) is 23.6 Å². The molecule has 3 heterocycles. The molecule has 0 radical (unpaired) electrons. The lowest BCUT2D eigenvalue weighted by Crippen LogP contribution is -2.26. The normalized spacial score (nSPS) is 15.3. The summed E-state index contributed by atoms with van der Waals surface area (Å²) in [6.45, 7) is 3.40. The van der Waals surface area contributed by atoms with Crippen LogP contribution in [-0.2, 0) is 17.7 Å². The molecular formula is C30H30N6O2. The average Bonchev–Trinajstić information content (AvgIpc) is 3.69. The summed E-state index contributed by atoms with van der Waals surface area (Å²) in [6, 6.07) is 22.3. The molecule has 0 amide bonds. The molecule has 1 atom stereocenters. The third-order valence-electron chi connectivity index (χ3n) is 7.23. The van der Waals surface area contributed by atoms with E-state index < -0.39 is 0 Å². The number of aryl methyl sites for hydroxylation is 1. The Labute approximate surface area is 220 Å². The first-order valence-electron chi connectivity index (χ1n) is 13.3. The second-order valence-corrected chi connectivity index (χ2v) is 9.78. The van der Waals surface area contributed by atoms with E-state index in [1.807, 2.05) is 41.0 Å². The van der Waals surface area contributed by atoms with Gasteiger partial charge in [0.2, 0.25) is 5.82 Å². The summed E-state index contributed by atoms with van der Waals surface area (Å²) in [7, 11) is 0. The van der Waals surface area contributed by atoms with Gasteiger partial charge in [-0.2, -0.15) is 5.21 Å². The van der Waals surface area contributed by atoms with E-state index in [4.69, 9.17) is 9.72 Å². The smallest absolute Gasteiger partial charge is 0.261 e. The van der Waals surface area contributed by atoms with Crippen molar-refractivity contribution in [3.8, 4) is 22.5 Å². The molecule has 1 saturated heterocycles. The van der Waals surface area contributed by atoms with Gasteiger partial charge in [-0.05, 0) is 58.9 Å². The van der Waals surface area contributed by atoms with Gasteiger partial charge in [-0.15, -0.1) is 10.2 Å². The van der Waals surface area contributed by atoms with E-state index >= 15 is 0 Å². The van der Waals surface area contributed by atoms with Gasteiger partial charge in [0.15, 0.2) is 0 Å². The predicted octanol–water partition coefficient (Wildman–Crippen LogP) is 5.49. The van der Waals surface area contributed by atoms with E-state index in [1.165, 1.54) is 0 Å². The molecule has 6 rings (SSSR count). The van der Waals surface area contributed by atoms with Crippen LogP contribution in [0.3, 0.4) is 0 Å². The molecule has 0 spiro atoms. The Bertz CT molecular complexity index is 1600. The van der Waals surface area contributed by atoms with E-state index in [2.05, 4.69) is 57.9 Å². The summed E-state index contributed by atoms with van der Waals surface area (Å²) in [5.74, 6) is 1.39. The Hall–Kier alpha value is -4.17. The van der Waals surface area contributed by atoms with Gasteiger partial charge in [-0.1, -0.05) is 67.9 Å². The number of nitrogens with one attached hydrogen (secondary N) is 1. The van der Waals surface area contributed by atoms with Crippen molar-refractivity contribution in [2.45, 2.75) is 51.7 Å². The molecule has 38 heavy (non-hydrogen) atoms. The molecule has 1 fully saturated rings. The van der Waals surface area contributed by atoms with Gasteiger partial charge in [-0.3, -0.25) is 9.36 Å². The number of aromatic nitrogens is 6. The summed E-state index contributed by atoms with van der Waals surface area (Å²) in [5, 5.41) is 15.2. The van der Waals surface area contributed by atoms with Gasteiger partial charge >= 0.3 is 0 Å². The lowest BCUT2D eigenvalue weighted by Gasteiger charge is -2.16. The van der Waals surface area contributed by atoms with Gasteiger partial charge in [0, 0.05) is 18.6 Å². The molecule has 0 aliphatic carbocycles. The minimum Gasteiger partial charge on any atom is -0.374 e. The molecule has 0 saturated carbocycles. The van der Waals surface area contributed by atoms with E-state index in [-0.39, 0.29) is 11.7 Å². The quantitative estimate of drug-likeness (QED) is 0.299. The van der Waals surface area contributed by atoms with Crippen LogP contribution in [0.2, 0.25) is 0 Å². The molecule has 1 aliphatic heterocycles. The Morgan fingerprint density at radius 1 is 1.05 bits per heavy atom. The monoisotopic (exact) mass is 506 g/mol. The van der Waals surface area contributed by atoms with Crippen molar-refractivity contribution in [3.05, 3.63) is 94.0 Å². The van der Waals surface area contributed by atoms with Gasteiger partial charge in [-0.25, -0.2) is 4.98 Å². The number of benzene rings is 3. The van der Waals surface area contributed by atoms with Crippen LogP contribution in [-0.4, -0.2) is 36.8 Å². The summed E-state index contributed by atoms with van der Waals surface area (Å²) in [6.07, 6.45) is 4.90. The fourth-order valence-corrected chi connectivity index (χ4v) is 5.19. The second-order valence-electron chi connectivity index (χ2n) is 9.78. The minimum atomic E-state index is 0.00692. The van der Waals surface area contributed by atoms with Crippen LogP contribution in [0.1, 0.15) is 55.7 Å². The zero-order valence-corrected chi connectivity index (χ0v) is 21.4. The average molecular weight is 507 g/mol. The molecule has 1 N–H and O–H groups in total. The Morgan fingerprint density at radius 3 is 2.63 bits per heavy atom. The van der Waals surface area contributed by atoms with Crippen LogP contribution < -0.4 is 5.56 Å². The molecule has 192 valence electrons. The zero-order valence-electron chi connectivity index (χ0n) is 21.4. The van der Waals surface area contributed by atoms with Crippen molar-refractivity contribution < 1.29 is 4.74 Å². The molecule has 2 aromatic heterocycles. The third-order valence-corrected chi connectivity index (χ3v) is 7.23. The Balaban J connectivity index is 1.35. The number of hydrogen-bond acceptors (Lipinski definition) is 6. The van der Waals surface area contributed by atoms with Crippen LogP contribution in [0.5, 0.6) is 0 Å².